The van der Waals surface area contributed by atoms with Crippen molar-refractivity contribution in [3.05, 3.63) is 71.4 Å². The molecule has 6 nitrogen and oxygen atoms in total. The number of furan rings is 1. The Morgan fingerprint density at radius 1 is 0.906 bits per heavy atom. The topological polar surface area (TPSA) is 57.0 Å². The van der Waals surface area contributed by atoms with Crippen LogP contribution in [-0.2, 0) is 19.5 Å². The lowest BCUT2D eigenvalue weighted by atomic mass is 9.98. The van der Waals surface area contributed by atoms with E-state index in [1.165, 1.54) is 16.7 Å². The van der Waals surface area contributed by atoms with Gasteiger partial charge in [0, 0.05) is 31.2 Å². The van der Waals surface area contributed by atoms with Gasteiger partial charge in [0.15, 0.2) is 28.6 Å². The molecule has 0 saturated heterocycles. The van der Waals surface area contributed by atoms with Crippen LogP contribution < -0.4 is 14.2 Å². The van der Waals surface area contributed by atoms with Crippen molar-refractivity contribution in [1.29, 1.82) is 0 Å². The number of aromatic nitrogens is 1. The third-order valence-corrected chi connectivity index (χ3v) is 5.98. The average molecular weight is 431 g/mol. The second-order valence-electron chi connectivity index (χ2n) is 7.98. The normalized spacial score (nSPS) is 13.7. The zero-order valence-corrected chi connectivity index (χ0v) is 18.6. The quantitative estimate of drug-likeness (QED) is 0.425. The van der Waals surface area contributed by atoms with Gasteiger partial charge in [0.2, 0.25) is 0 Å². The number of nitrogens with zero attached hydrogens (tertiary/aromatic N) is 2. The highest BCUT2D eigenvalue weighted by Crippen LogP contribution is 2.36. The molecule has 0 radical (unpaired) electrons. The minimum Gasteiger partial charge on any atom is -0.493 e. The van der Waals surface area contributed by atoms with Crippen molar-refractivity contribution in [1.82, 2.24) is 9.88 Å². The maximum absolute atomic E-state index is 6.09. The van der Waals surface area contributed by atoms with Crippen molar-refractivity contribution in [2.45, 2.75) is 19.5 Å². The maximum atomic E-state index is 6.09. The summed E-state index contributed by atoms with van der Waals surface area (Å²) in [7, 11) is 5.03. The number of hydrogen-bond acceptors (Lipinski definition) is 6. The Morgan fingerprint density at radius 3 is 2.41 bits per heavy atom. The number of pyridine rings is 1. The van der Waals surface area contributed by atoms with Crippen molar-refractivity contribution in [3.63, 3.8) is 0 Å². The molecule has 164 valence electrons. The van der Waals surface area contributed by atoms with Crippen molar-refractivity contribution in [2.75, 3.05) is 27.9 Å². The van der Waals surface area contributed by atoms with Gasteiger partial charge in [-0.1, -0.05) is 6.07 Å². The second kappa shape index (κ2) is 8.55. The molecule has 0 spiro atoms. The lowest BCUT2D eigenvalue weighted by Crippen LogP contribution is -2.30. The molecule has 0 N–H and O–H groups in total. The summed E-state index contributed by atoms with van der Waals surface area (Å²) in [6.45, 7) is 2.66. The summed E-state index contributed by atoms with van der Waals surface area (Å²) in [4.78, 5) is 6.84. The third-order valence-electron chi connectivity index (χ3n) is 5.98. The predicted octanol–water partition coefficient (Wildman–Crippen LogP) is 5.08. The van der Waals surface area contributed by atoms with E-state index in [2.05, 4.69) is 34.1 Å². The van der Waals surface area contributed by atoms with E-state index >= 15 is 0 Å². The van der Waals surface area contributed by atoms with Crippen molar-refractivity contribution < 1.29 is 18.6 Å². The number of rotatable bonds is 6. The van der Waals surface area contributed by atoms with E-state index in [4.69, 9.17) is 18.6 Å². The van der Waals surface area contributed by atoms with Crippen LogP contribution in [0.5, 0.6) is 17.2 Å². The lowest BCUT2D eigenvalue weighted by Gasteiger charge is -2.29. The molecule has 5 rings (SSSR count). The summed E-state index contributed by atoms with van der Waals surface area (Å²) < 4.78 is 22.7. The average Bonchev–Trinajstić information content (AvgIpc) is 3.27. The third kappa shape index (κ3) is 3.78. The highest BCUT2D eigenvalue weighted by Gasteiger charge is 2.21. The largest absolute Gasteiger partial charge is 0.493 e. The summed E-state index contributed by atoms with van der Waals surface area (Å²) in [6.07, 6.45) is 2.74. The molecular weight excluding hydrogens is 404 g/mol. The summed E-state index contributed by atoms with van der Waals surface area (Å²) in [5, 5.41) is 1.02. The van der Waals surface area contributed by atoms with Crippen LogP contribution in [0.2, 0.25) is 0 Å². The van der Waals surface area contributed by atoms with Crippen LogP contribution in [0.3, 0.4) is 0 Å². The van der Waals surface area contributed by atoms with Crippen LogP contribution in [0, 0.1) is 0 Å². The Labute approximate surface area is 187 Å². The van der Waals surface area contributed by atoms with Crippen LogP contribution in [0.1, 0.15) is 16.7 Å². The molecule has 1 aliphatic heterocycles. The molecule has 6 heteroatoms. The second-order valence-corrected chi connectivity index (χ2v) is 7.98. The zero-order chi connectivity index (χ0) is 22.1. The van der Waals surface area contributed by atoms with Gasteiger partial charge in [0.25, 0.3) is 0 Å². The maximum Gasteiger partial charge on any atom is 0.176 e. The van der Waals surface area contributed by atoms with Gasteiger partial charge in [-0.3, -0.25) is 9.88 Å². The minimum atomic E-state index is 0.739. The number of benzene rings is 2. The molecule has 0 aliphatic carbocycles. The van der Waals surface area contributed by atoms with Crippen LogP contribution in [0.4, 0.5) is 0 Å². The molecule has 2 aromatic heterocycles. The fraction of sp³-hybridized carbons (Fsp3) is 0.269. The molecule has 32 heavy (non-hydrogen) atoms. The van der Waals surface area contributed by atoms with Gasteiger partial charge in [-0.2, -0.15) is 0 Å². The Kier molecular flexibility index (Phi) is 5.45. The smallest absolute Gasteiger partial charge is 0.176 e. The van der Waals surface area contributed by atoms with E-state index in [0.717, 1.165) is 65.7 Å². The highest BCUT2D eigenvalue weighted by atomic mass is 16.5. The molecule has 0 unspecified atom stereocenters. The minimum absolute atomic E-state index is 0.739. The van der Waals surface area contributed by atoms with Crippen LogP contribution in [0.25, 0.3) is 22.4 Å². The lowest BCUT2D eigenvalue weighted by molar-refractivity contribution is 0.244. The Hall–Kier alpha value is -3.51. The molecule has 1 aliphatic rings. The molecule has 4 aromatic rings. The molecule has 2 aromatic carbocycles. The van der Waals surface area contributed by atoms with E-state index in [1.54, 1.807) is 27.5 Å². The molecule has 0 atom stereocenters. The number of ether oxygens (including phenoxy) is 3. The molecule has 0 amide bonds. The molecule has 3 heterocycles. The van der Waals surface area contributed by atoms with Crippen molar-refractivity contribution in [2.24, 2.45) is 0 Å². The first-order chi connectivity index (χ1) is 15.7. The van der Waals surface area contributed by atoms with Gasteiger partial charge in [-0.05, 0) is 65.6 Å². The monoisotopic (exact) mass is 430 g/mol. The van der Waals surface area contributed by atoms with E-state index in [1.807, 2.05) is 24.3 Å². The van der Waals surface area contributed by atoms with E-state index in [0.29, 0.717) is 0 Å². The van der Waals surface area contributed by atoms with Crippen molar-refractivity contribution >= 4 is 11.0 Å². The van der Waals surface area contributed by atoms with Gasteiger partial charge in [-0.15, -0.1) is 0 Å². The van der Waals surface area contributed by atoms with Crippen molar-refractivity contribution in [3.8, 4) is 28.7 Å². The molecule has 0 saturated carbocycles. The van der Waals surface area contributed by atoms with E-state index in [-0.39, 0.29) is 0 Å². The van der Waals surface area contributed by atoms with Crippen LogP contribution in [-0.4, -0.2) is 37.8 Å². The molecule has 0 fully saturated rings. The SMILES string of the molecule is COc1cc2c(cc1OC)CN(Cc1cc(OC)c3oc(-c4ccccn4)cc3c1)CC2. The summed E-state index contributed by atoms with van der Waals surface area (Å²) in [5.74, 6) is 3.04. The van der Waals surface area contributed by atoms with Gasteiger partial charge in [-0.25, -0.2) is 0 Å². The summed E-state index contributed by atoms with van der Waals surface area (Å²) in [5.41, 5.74) is 5.35. The molecular formula is C26H26N2O4. The van der Waals surface area contributed by atoms with Gasteiger partial charge in [0.1, 0.15) is 5.69 Å². The Morgan fingerprint density at radius 2 is 1.69 bits per heavy atom. The van der Waals surface area contributed by atoms with Gasteiger partial charge >= 0.3 is 0 Å². The number of hydrogen-bond donors (Lipinski definition) is 0. The fourth-order valence-electron chi connectivity index (χ4n) is 4.39. The first-order valence-electron chi connectivity index (χ1n) is 10.7. The standard InChI is InChI=1S/C26H26N2O4/c1-29-23-12-18-7-9-28(16-20(18)14-24(23)30-2)15-17-10-19-13-22(21-6-4-5-8-27-21)32-26(19)25(11-17)31-3/h4-6,8,10-14H,7,9,15-16H2,1-3H3. The van der Waals surface area contributed by atoms with Crippen LogP contribution >= 0.6 is 0 Å². The fourth-order valence-corrected chi connectivity index (χ4v) is 4.39. The van der Waals surface area contributed by atoms with E-state index < -0.39 is 0 Å². The number of fused-ring (bicyclic) bond motifs is 2. The zero-order valence-electron chi connectivity index (χ0n) is 18.6. The summed E-state index contributed by atoms with van der Waals surface area (Å²) in [6, 6.07) is 16.3. The first kappa shape index (κ1) is 20.4. The molecule has 0 bridgehead atoms. The van der Waals surface area contributed by atoms with E-state index in [9.17, 15) is 0 Å². The Bertz CT molecular complexity index is 1250. The van der Waals surface area contributed by atoms with Gasteiger partial charge in [0.05, 0.1) is 21.3 Å². The number of methoxy groups -OCH3 is 3. The first-order valence-corrected chi connectivity index (χ1v) is 10.7. The highest BCUT2D eigenvalue weighted by molar-refractivity contribution is 5.87. The Balaban J connectivity index is 1.42. The predicted molar refractivity (Wildman–Crippen MR) is 123 cm³/mol. The van der Waals surface area contributed by atoms with Gasteiger partial charge < -0.3 is 18.6 Å². The van der Waals surface area contributed by atoms with Crippen LogP contribution in [0.15, 0.2) is 59.1 Å². The summed E-state index contributed by atoms with van der Waals surface area (Å²) >= 11 is 0.